The Balaban J connectivity index is 2.69. The van der Waals surface area contributed by atoms with E-state index >= 15 is 0 Å². The first-order chi connectivity index (χ1) is 8.38. The Bertz CT molecular complexity index is 466. The Labute approximate surface area is 106 Å². The Morgan fingerprint density at radius 2 is 2.11 bits per heavy atom. The van der Waals surface area contributed by atoms with Crippen molar-refractivity contribution < 1.29 is 9.59 Å². The van der Waals surface area contributed by atoms with E-state index in [2.05, 4.69) is 10.4 Å². The Hall–Kier alpha value is -2.05. The van der Waals surface area contributed by atoms with E-state index in [1.54, 1.807) is 21.0 Å². The van der Waals surface area contributed by atoms with E-state index in [1.807, 2.05) is 6.92 Å². The maximum atomic E-state index is 11.9. The van der Waals surface area contributed by atoms with Gasteiger partial charge in [0.25, 0.3) is 5.91 Å². The summed E-state index contributed by atoms with van der Waals surface area (Å²) in [7, 11) is 3.31. The van der Waals surface area contributed by atoms with Gasteiger partial charge in [0.15, 0.2) is 0 Å². The topological polar surface area (TPSA) is 93.2 Å². The molecule has 0 aliphatic rings. The van der Waals surface area contributed by atoms with Gasteiger partial charge in [-0.2, -0.15) is 5.10 Å². The van der Waals surface area contributed by atoms with Crippen LogP contribution in [0.15, 0.2) is 0 Å². The maximum Gasteiger partial charge on any atom is 0.272 e. The predicted octanol–water partition coefficient (Wildman–Crippen LogP) is -0.481. The van der Waals surface area contributed by atoms with E-state index in [9.17, 15) is 9.59 Å². The molecular weight excluding hydrogens is 234 g/mol. The molecule has 0 aromatic carbocycles. The number of nitrogen functional groups attached to an aromatic ring is 1. The molecule has 0 saturated heterocycles. The van der Waals surface area contributed by atoms with E-state index in [1.165, 1.54) is 9.58 Å². The molecule has 0 saturated carbocycles. The molecule has 0 unspecified atom stereocenters. The number of carbonyl (C=O) groups excluding carboxylic acids is 2. The first-order valence-electron chi connectivity index (χ1n) is 5.69. The monoisotopic (exact) mass is 253 g/mol. The third-order valence-electron chi connectivity index (χ3n) is 2.78. The number of aromatic nitrogens is 2. The minimum Gasteiger partial charge on any atom is -0.395 e. The van der Waals surface area contributed by atoms with Crippen molar-refractivity contribution in [2.45, 2.75) is 13.8 Å². The molecule has 0 radical (unpaired) electrons. The van der Waals surface area contributed by atoms with Crippen LogP contribution in [0.5, 0.6) is 0 Å². The Morgan fingerprint density at radius 3 is 2.56 bits per heavy atom. The highest BCUT2D eigenvalue weighted by atomic mass is 16.2. The second-order valence-corrected chi connectivity index (χ2v) is 4.06. The summed E-state index contributed by atoms with van der Waals surface area (Å²) in [5, 5.41) is 6.58. The largest absolute Gasteiger partial charge is 0.395 e. The van der Waals surface area contributed by atoms with Gasteiger partial charge >= 0.3 is 0 Å². The van der Waals surface area contributed by atoms with Crippen molar-refractivity contribution in [3.05, 3.63) is 11.4 Å². The predicted molar refractivity (Wildman–Crippen MR) is 68.0 cm³/mol. The van der Waals surface area contributed by atoms with Gasteiger partial charge in [0.2, 0.25) is 5.91 Å². The van der Waals surface area contributed by atoms with Crippen LogP contribution in [0.3, 0.4) is 0 Å². The average Bonchev–Trinajstić information content (AvgIpc) is 2.59. The average molecular weight is 253 g/mol. The SMILES string of the molecule is CCN(C)C(=O)CNC(=O)c1c(N)c(C)nn1C. The van der Waals surface area contributed by atoms with Crippen LogP contribution in [0.1, 0.15) is 23.1 Å². The van der Waals surface area contributed by atoms with Crippen LogP contribution in [0.25, 0.3) is 0 Å². The number of amides is 2. The van der Waals surface area contributed by atoms with Crippen LogP contribution in [0.4, 0.5) is 5.69 Å². The third-order valence-corrected chi connectivity index (χ3v) is 2.78. The highest BCUT2D eigenvalue weighted by Crippen LogP contribution is 2.14. The molecule has 0 bridgehead atoms. The Kier molecular flexibility index (Phi) is 4.30. The van der Waals surface area contributed by atoms with E-state index in [-0.39, 0.29) is 18.1 Å². The number of likely N-dealkylation sites (N-methyl/N-ethyl adjacent to an activating group) is 1. The van der Waals surface area contributed by atoms with Gasteiger partial charge in [-0.3, -0.25) is 14.3 Å². The van der Waals surface area contributed by atoms with Gasteiger partial charge in [-0.15, -0.1) is 0 Å². The first kappa shape index (κ1) is 14.0. The number of nitrogens with two attached hydrogens (primary N) is 1. The summed E-state index contributed by atoms with van der Waals surface area (Å²) in [4.78, 5) is 25.0. The number of hydrogen-bond donors (Lipinski definition) is 2. The number of rotatable bonds is 4. The zero-order chi connectivity index (χ0) is 13.9. The quantitative estimate of drug-likeness (QED) is 0.758. The summed E-state index contributed by atoms with van der Waals surface area (Å²) in [6, 6.07) is 0. The molecule has 0 atom stereocenters. The molecule has 0 aliphatic carbocycles. The molecule has 1 rings (SSSR count). The smallest absolute Gasteiger partial charge is 0.272 e. The summed E-state index contributed by atoms with van der Waals surface area (Å²) in [5.74, 6) is -0.545. The van der Waals surface area contributed by atoms with Gasteiger partial charge in [-0.1, -0.05) is 0 Å². The lowest BCUT2D eigenvalue weighted by Gasteiger charge is -2.14. The zero-order valence-corrected chi connectivity index (χ0v) is 11.1. The second kappa shape index (κ2) is 5.52. The van der Waals surface area contributed by atoms with Gasteiger partial charge in [0, 0.05) is 20.6 Å². The fourth-order valence-corrected chi connectivity index (χ4v) is 1.49. The lowest BCUT2D eigenvalue weighted by Crippen LogP contribution is -2.38. The number of nitrogens with one attached hydrogen (secondary N) is 1. The summed E-state index contributed by atoms with van der Waals surface area (Å²) in [5.41, 5.74) is 6.97. The molecule has 1 heterocycles. The van der Waals surface area contributed by atoms with E-state index < -0.39 is 5.91 Å². The van der Waals surface area contributed by atoms with Gasteiger partial charge < -0.3 is 16.0 Å². The lowest BCUT2D eigenvalue weighted by molar-refractivity contribution is -0.128. The minimum atomic E-state index is -0.395. The van der Waals surface area contributed by atoms with Crippen molar-refractivity contribution in [2.24, 2.45) is 7.05 Å². The molecule has 0 fully saturated rings. The van der Waals surface area contributed by atoms with Gasteiger partial charge in [-0.25, -0.2) is 0 Å². The molecule has 1 aromatic rings. The van der Waals surface area contributed by atoms with Crippen molar-refractivity contribution in [2.75, 3.05) is 25.9 Å². The second-order valence-electron chi connectivity index (χ2n) is 4.06. The van der Waals surface area contributed by atoms with E-state index in [0.717, 1.165) is 0 Å². The standard InChI is InChI=1S/C11H19N5O2/c1-5-15(3)8(17)6-13-11(18)10-9(12)7(2)14-16(10)4/h5-6,12H2,1-4H3,(H,13,18). The van der Waals surface area contributed by atoms with E-state index in [0.29, 0.717) is 17.9 Å². The number of aryl methyl sites for hydroxylation is 2. The molecule has 0 aliphatic heterocycles. The van der Waals surface area contributed by atoms with Gasteiger partial charge in [-0.05, 0) is 13.8 Å². The summed E-state index contributed by atoms with van der Waals surface area (Å²) >= 11 is 0. The molecule has 1 aromatic heterocycles. The minimum absolute atomic E-state index is 0.0488. The molecule has 100 valence electrons. The molecule has 0 spiro atoms. The van der Waals surface area contributed by atoms with Gasteiger partial charge in [0.1, 0.15) is 5.69 Å². The van der Waals surface area contributed by atoms with Crippen molar-refractivity contribution in [3.63, 3.8) is 0 Å². The third kappa shape index (κ3) is 2.79. The number of carbonyl (C=O) groups is 2. The molecule has 7 heteroatoms. The summed E-state index contributed by atoms with van der Waals surface area (Å²) < 4.78 is 1.41. The van der Waals surface area contributed by atoms with Crippen LogP contribution in [0.2, 0.25) is 0 Å². The van der Waals surface area contributed by atoms with Gasteiger partial charge in [0.05, 0.1) is 17.9 Å². The highest BCUT2D eigenvalue weighted by molar-refractivity contribution is 5.99. The highest BCUT2D eigenvalue weighted by Gasteiger charge is 2.18. The molecule has 3 N–H and O–H groups in total. The van der Waals surface area contributed by atoms with Crippen LogP contribution >= 0.6 is 0 Å². The van der Waals surface area contributed by atoms with Crippen molar-refractivity contribution in [1.29, 1.82) is 0 Å². The first-order valence-corrected chi connectivity index (χ1v) is 5.69. The van der Waals surface area contributed by atoms with Crippen LogP contribution in [-0.2, 0) is 11.8 Å². The molecule has 7 nitrogen and oxygen atoms in total. The fraction of sp³-hybridized carbons (Fsp3) is 0.545. The molecular formula is C11H19N5O2. The van der Waals surface area contributed by atoms with Crippen LogP contribution in [0, 0.1) is 6.92 Å². The van der Waals surface area contributed by atoms with Crippen LogP contribution in [-0.4, -0.2) is 46.6 Å². The van der Waals surface area contributed by atoms with Crippen molar-refractivity contribution in [1.82, 2.24) is 20.0 Å². The van der Waals surface area contributed by atoms with Crippen LogP contribution < -0.4 is 11.1 Å². The number of hydrogen-bond acceptors (Lipinski definition) is 4. The maximum absolute atomic E-state index is 11.9. The summed E-state index contributed by atoms with van der Waals surface area (Å²) in [6.07, 6.45) is 0. The molecule has 18 heavy (non-hydrogen) atoms. The normalized spacial score (nSPS) is 10.2. The fourth-order valence-electron chi connectivity index (χ4n) is 1.49. The molecule has 2 amide bonds. The lowest BCUT2D eigenvalue weighted by atomic mass is 10.3. The summed E-state index contributed by atoms with van der Waals surface area (Å²) in [6.45, 7) is 4.14. The number of nitrogens with zero attached hydrogens (tertiary/aromatic N) is 3. The van der Waals surface area contributed by atoms with Crippen molar-refractivity contribution in [3.8, 4) is 0 Å². The van der Waals surface area contributed by atoms with E-state index in [4.69, 9.17) is 5.73 Å². The Morgan fingerprint density at radius 1 is 1.50 bits per heavy atom. The number of anilines is 1. The zero-order valence-electron chi connectivity index (χ0n) is 11.1. The van der Waals surface area contributed by atoms with Crippen molar-refractivity contribution >= 4 is 17.5 Å².